The molecule has 8 heteroatoms. The van der Waals surface area contributed by atoms with E-state index in [9.17, 15) is 4.79 Å². The van der Waals surface area contributed by atoms with Crippen LogP contribution in [0.2, 0.25) is 0 Å². The van der Waals surface area contributed by atoms with Crippen LogP contribution >= 0.6 is 0 Å². The van der Waals surface area contributed by atoms with Gasteiger partial charge in [-0.2, -0.15) is 5.10 Å². The SMILES string of the molecule is C[C@@H](NC(=O)c1ccnc(-n2cncn2)c1)c1nc2ccccc2[nH]1. The fourth-order valence-corrected chi connectivity index (χ4v) is 2.54. The summed E-state index contributed by atoms with van der Waals surface area (Å²) in [6.45, 7) is 1.88. The van der Waals surface area contributed by atoms with Gasteiger partial charge < -0.3 is 10.3 Å². The second-order valence-corrected chi connectivity index (χ2v) is 5.58. The van der Waals surface area contributed by atoms with Crippen LogP contribution in [0.3, 0.4) is 0 Å². The maximum absolute atomic E-state index is 12.5. The van der Waals surface area contributed by atoms with Gasteiger partial charge in [0.05, 0.1) is 17.1 Å². The molecule has 0 radical (unpaired) electrons. The number of carbonyl (C=O) groups is 1. The molecule has 0 fully saturated rings. The maximum atomic E-state index is 12.5. The van der Waals surface area contributed by atoms with E-state index in [1.165, 1.54) is 17.3 Å². The molecule has 0 aliphatic carbocycles. The number of aromatic nitrogens is 6. The number of rotatable bonds is 4. The molecule has 0 saturated heterocycles. The Morgan fingerprint density at radius 3 is 2.96 bits per heavy atom. The number of para-hydroxylation sites is 2. The van der Waals surface area contributed by atoms with Crippen LogP contribution in [0.1, 0.15) is 29.1 Å². The van der Waals surface area contributed by atoms with Gasteiger partial charge in [-0.25, -0.2) is 19.6 Å². The predicted octanol–water partition coefficient (Wildman–Crippen LogP) is 2.03. The van der Waals surface area contributed by atoms with E-state index in [4.69, 9.17) is 0 Å². The summed E-state index contributed by atoms with van der Waals surface area (Å²) in [5.41, 5.74) is 2.30. The zero-order valence-electron chi connectivity index (χ0n) is 13.4. The lowest BCUT2D eigenvalue weighted by Gasteiger charge is -2.12. The van der Waals surface area contributed by atoms with E-state index in [2.05, 4.69) is 30.4 Å². The lowest BCUT2D eigenvalue weighted by atomic mass is 10.2. The standard InChI is InChI=1S/C17H15N7O/c1-11(16-22-13-4-2-3-5-14(13)23-16)21-17(25)12-6-7-19-15(8-12)24-10-18-9-20-24/h2-11H,1H3,(H,21,25)(H,22,23)/t11-/m1/s1. The van der Waals surface area contributed by atoms with E-state index >= 15 is 0 Å². The molecule has 1 aromatic carbocycles. The zero-order chi connectivity index (χ0) is 17.2. The molecular formula is C17H15N7O. The Balaban J connectivity index is 1.54. The summed E-state index contributed by atoms with van der Waals surface area (Å²) in [5, 5.41) is 6.96. The molecule has 2 N–H and O–H groups in total. The first-order valence-electron chi connectivity index (χ1n) is 7.77. The Hall–Kier alpha value is -3.55. The zero-order valence-corrected chi connectivity index (χ0v) is 13.4. The van der Waals surface area contributed by atoms with Crippen LogP contribution in [0.4, 0.5) is 0 Å². The molecule has 0 saturated carbocycles. The lowest BCUT2D eigenvalue weighted by Crippen LogP contribution is -2.27. The van der Waals surface area contributed by atoms with Crippen molar-refractivity contribution >= 4 is 16.9 Å². The van der Waals surface area contributed by atoms with Gasteiger partial charge in [-0.15, -0.1) is 0 Å². The van der Waals surface area contributed by atoms with Crippen LogP contribution in [0.5, 0.6) is 0 Å². The Kier molecular flexibility index (Phi) is 3.70. The number of aromatic amines is 1. The first kappa shape index (κ1) is 15.0. The quantitative estimate of drug-likeness (QED) is 0.595. The van der Waals surface area contributed by atoms with E-state index in [1.807, 2.05) is 31.2 Å². The summed E-state index contributed by atoms with van der Waals surface area (Å²) < 4.78 is 1.50. The second-order valence-electron chi connectivity index (χ2n) is 5.58. The third kappa shape index (κ3) is 2.97. The van der Waals surface area contributed by atoms with Crippen LogP contribution in [0.15, 0.2) is 55.2 Å². The van der Waals surface area contributed by atoms with Crippen molar-refractivity contribution in [3.63, 3.8) is 0 Å². The van der Waals surface area contributed by atoms with E-state index in [-0.39, 0.29) is 11.9 Å². The van der Waals surface area contributed by atoms with Gasteiger partial charge in [0.15, 0.2) is 5.82 Å². The summed E-state index contributed by atoms with van der Waals surface area (Å²) in [7, 11) is 0. The predicted molar refractivity (Wildman–Crippen MR) is 91.1 cm³/mol. The van der Waals surface area contributed by atoms with Gasteiger partial charge in [-0.1, -0.05) is 12.1 Å². The van der Waals surface area contributed by atoms with Gasteiger partial charge in [0.2, 0.25) is 0 Å². The molecule has 1 atom stereocenters. The van der Waals surface area contributed by atoms with Crippen LogP contribution in [0.25, 0.3) is 16.9 Å². The molecule has 0 unspecified atom stereocenters. The molecule has 0 aliphatic rings. The number of pyridine rings is 1. The Bertz CT molecular complexity index is 989. The maximum Gasteiger partial charge on any atom is 0.252 e. The fraction of sp³-hybridized carbons (Fsp3) is 0.118. The number of carbonyl (C=O) groups excluding carboxylic acids is 1. The minimum Gasteiger partial charge on any atom is -0.342 e. The smallest absolute Gasteiger partial charge is 0.252 e. The molecule has 8 nitrogen and oxygen atoms in total. The van der Waals surface area contributed by atoms with E-state index in [1.54, 1.807) is 18.3 Å². The van der Waals surface area contributed by atoms with Gasteiger partial charge in [0.25, 0.3) is 5.91 Å². The number of amides is 1. The summed E-state index contributed by atoms with van der Waals surface area (Å²) in [4.78, 5) is 28.4. The molecule has 25 heavy (non-hydrogen) atoms. The third-order valence-electron chi connectivity index (χ3n) is 3.83. The van der Waals surface area contributed by atoms with Crippen LogP contribution < -0.4 is 5.32 Å². The van der Waals surface area contributed by atoms with Gasteiger partial charge >= 0.3 is 0 Å². The minimum atomic E-state index is -0.261. The van der Waals surface area contributed by atoms with Crippen molar-refractivity contribution in [3.05, 3.63) is 66.6 Å². The lowest BCUT2D eigenvalue weighted by molar-refractivity contribution is 0.0938. The Morgan fingerprint density at radius 1 is 1.28 bits per heavy atom. The molecule has 4 rings (SSSR count). The number of H-pyrrole nitrogens is 1. The van der Waals surface area contributed by atoms with Crippen molar-refractivity contribution in [2.45, 2.75) is 13.0 Å². The van der Waals surface area contributed by atoms with E-state index in [0.717, 1.165) is 11.0 Å². The number of hydrogen-bond acceptors (Lipinski definition) is 5. The largest absolute Gasteiger partial charge is 0.342 e. The van der Waals surface area contributed by atoms with Crippen molar-refractivity contribution < 1.29 is 4.79 Å². The summed E-state index contributed by atoms with van der Waals surface area (Å²) in [5.74, 6) is 1.03. The van der Waals surface area contributed by atoms with Gasteiger partial charge in [0, 0.05) is 11.8 Å². The van der Waals surface area contributed by atoms with Crippen LogP contribution in [-0.2, 0) is 0 Å². The molecule has 0 spiro atoms. The van der Waals surface area contributed by atoms with Gasteiger partial charge in [-0.05, 0) is 31.2 Å². The molecule has 1 amide bonds. The normalized spacial score (nSPS) is 12.2. The van der Waals surface area contributed by atoms with Crippen molar-refractivity contribution in [3.8, 4) is 5.82 Å². The highest BCUT2D eigenvalue weighted by Gasteiger charge is 2.15. The molecule has 0 bridgehead atoms. The van der Waals surface area contributed by atoms with Crippen molar-refractivity contribution in [1.29, 1.82) is 0 Å². The molecular weight excluding hydrogens is 318 g/mol. The van der Waals surface area contributed by atoms with Crippen molar-refractivity contribution in [2.24, 2.45) is 0 Å². The topological polar surface area (TPSA) is 101 Å². The first-order valence-corrected chi connectivity index (χ1v) is 7.77. The third-order valence-corrected chi connectivity index (χ3v) is 3.83. The number of nitrogens with one attached hydrogen (secondary N) is 2. The van der Waals surface area contributed by atoms with Gasteiger partial charge in [0.1, 0.15) is 18.5 Å². The molecule has 3 aromatic heterocycles. The summed E-state index contributed by atoms with van der Waals surface area (Å²) in [6.07, 6.45) is 4.51. The highest BCUT2D eigenvalue weighted by Crippen LogP contribution is 2.16. The van der Waals surface area contributed by atoms with Gasteiger partial charge in [-0.3, -0.25) is 4.79 Å². The molecule has 4 aromatic rings. The second kappa shape index (κ2) is 6.16. The number of fused-ring (bicyclic) bond motifs is 1. The molecule has 0 aliphatic heterocycles. The van der Waals surface area contributed by atoms with Crippen molar-refractivity contribution in [2.75, 3.05) is 0 Å². The summed E-state index contributed by atoms with van der Waals surface area (Å²) >= 11 is 0. The first-order chi connectivity index (χ1) is 12.2. The average Bonchev–Trinajstić information content (AvgIpc) is 3.31. The summed E-state index contributed by atoms with van der Waals surface area (Å²) in [6, 6.07) is 10.8. The van der Waals surface area contributed by atoms with Crippen LogP contribution in [0, 0.1) is 0 Å². The fourth-order valence-electron chi connectivity index (χ4n) is 2.54. The molecule has 124 valence electrons. The highest BCUT2D eigenvalue weighted by atomic mass is 16.1. The minimum absolute atomic E-state index is 0.211. The van der Waals surface area contributed by atoms with E-state index in [0.29, 0.717) is 17.2 Å². The number of nitrogens with zero attached hydrogens (tertiary/aromatic N) is 5. The number of benzene rings is 1. The van der Waals surface area contributed by atoms with E-state index < -0.39 is 0 Å². The average molecular weight is 333 g/mol. The number of hydrogen-bond donors (Lipinski definition) is 2. The monoisotopic (exact) mass is 333 g/mol. The highest BCUT2D eigenvalue weighted by molar-refractivity contribution is 5.94. The van der Waals surface area contributed by atoms with Crippen LogP contribution in [-0.4, -0.2) is 35.6 Å². The Morgan fingerprint density at radius 2 is 2.16 bits per heavy atom. The Labute approximate surface area is 143 Å². The van der Waals surface area contributed by atoms with Crippen molar-refractivity contribution in [1.82, 2.24) is 35.0 Å². The molecule has 3 heterocycles. The number of imidazole rings is 1.